The van der Waals surface area contributed by atoms with Crippen LogP contribution in [0.15, 0.2) is 0 Å². The lowest BCUT2D eigenvalue weighted by molar-refractivity contribution is 0.207. The summed E-state index contributed by atoms with van der Waals surface area (Å²) in [5.41, 5.74) is 0. The number of rotatable bonds is 20. The zero-order chi connectivity index (χ0) is 17.7. The molecular weight excluding hydrogens is 296 g/mol. The van der Waals surface area contributed by atoms with E-state index in [1.807, 2.05) is 0 Å². The Hall–Kier alpha value is -0.0800. The predicted molar refractivity (Wildman–Crippen MR) is 106 cm³/mol. The molecule has 0 radical (unpaired) electrons. The van der Waals surface area contributed by atoms with Crippen LogP contribution >= 0.6 is 0 Å². The monoisotopic (exact) mass is 342 g/mol. The van der Waals surface area contributed by atoms with Crippen molar-refractivity contribution in [3.8, 4) is 0 Å². The fraction of sp³-hybridized carbons (Fsp3) is 1.00. The minimum atomic E-state index is 0.267. The van der Waals surface area contributed by atoms with Crippen molar-refractivity contribution in [2.45, 2.75) is 122 Å². The molecule has 146 valence electrons. The Bertz CT molecular complexity index is 212. The normalized spacial score (nSPS) is 11.5. The van der Waals surface area contributed by atoms with Crippen molar-refractivity contribution in [2.75, 3.05) is 13.2 Å². The molecule has 0 aromatic rings. The first-order chi connectivity index (χ1) is 11.8. The second kappa shape index (κ2) is 21.0. The highest BCUT2D eigenvalue weighted by Gasteiger charge is 2.06. The van der Waals surface area contributed by atoms with E-state index in [1.54, 1.807) is 0 Å². The zero-order valence-electron chi connectivity index (χ0n) is 16.6. The van der Waals surface area contributed by atoms with Gasteiger partial charge in [0.05, 0.1) is 0 Å². The summed E-state index contributed by atoms with van der Waals surface area (Å²) in [5, 5.41) is 18.0. The SMILES string of the molecule is CCCCCCCCCCCCCCCCCC(CCO)CCO. The Labute approximate surface area is 152 Å². The van der Waals surface area contributed by atoms with Gasteiger partial charge in [0.1, 0.15) is 0 Å². The summed E-state index contributed by atoms with van der Waals surface area (Å²) in [5.74, 6) is 0.530. The lowest BCUT2D eigenvalue weighted by Gasteiger charge is -2.13. The Balaban J connectivity index is 3.14. The first-order valence-corrected chi connectivity index (χ1v) is 11.1. The average Bonchev–Trinajstić information content (AvgIpc) is 2.58. The lowest BCUT2D eigenvalue weighted by atomic mass is 9.94. The van der Waals surface area contributed by atoms with E-state index >= 15 is 0 Å². The van der Waals surface area contributed by atoms with Crippen LogP contribution in [0.1, 0.15) is 122 Å². The summed E-state index contributed by atoms with van der Waals surface area (Å²) in [6.07, 6.45) is 24.0. The predicted octanol–water partition coefficient (Wildman–Crippen LogP) is 6.63. The molecular formula is C22H46O2. The maximum absolute atomic E-state index is 9.01. The molecule has 0 saturated heterocycles. The quantitative estimate of drug-likeness (QED) is 0.244. The smallest absolute Gasteiger partial charge is 0.0433 e. The molecule has 0 atom stereocenters. The second-order valence-corrected chi connectivity index (χ2v) is 7.63. The van der Waals surface area contributed by atoms with Crippen LogP contribution in [-0.4, -0.2) is 23.4 Å². The van der Waals surface area contributed by atoms with Crippen molar-refractivity contribution < 1.29 is 10.2 Å². The average molecular weight is 343 g/mol. The Morgan fingerprint density at radius 1 is 0.458 bits per heavy atom. The third kappa shape index (κ3) is 18.3. The van der Waals surface area contributed by atoms with Crippen molar-refractivity contribution in [1.29, 1.82) is 0 Å². The van der Waals surface area contributed by atoms with E-state index in [0.29, 0.717) is 5.92 Å². The lowest BCUT2D eigenvalue weighted by Crippen LogP contribution is -2.05. The summed E-state index contributed by atoms with van der Waals surface area (Å²) in [6, 6.07) is 0. The summed E-state index contributed by atoms with van der Waals surface area (Å²) >= 11 is 0. The third-order valence-corrected chi connectivity index (χ3v) is 5.29. The van der Waals surface area contributed by atoms with Crippen molar-refractivity contribution in [2.24, 2.45) is 5.92 Å². The van der Waals surface area contributed by atoms with Crippen LogP contribution in [-0.2, 0) is 0 Å². The first-order valence-electron chi connectivity index (χ1n) is 11.1. The second-order valence-electron chi connectivity index (χ2n) is 7.63. The van der Waals surface area contributed by atoms with E-state index in [-0.39, 0.29) is 13.2 Å². The molecule has 2 nitrogen and oxygen atoms in total. The maximum Gasteiger partial charge on any atom is 0.0433 e. The molecule has 0 saturated carbocycles. The molecule has 0 rings (SSSR count). The minimum Gasteiger partial charge on any atom is -0.396 e. The van der Waals surface area contributed by atoms with Crippen molar-refractivity contribution >= 4 is 0 Å². The van der Waals surface area contributed by atoms with Crippen LogP contribution in [0.4, 0.5) is 0 Å². The summed E-state index contributed by atoms with van der Waals surface area (Å²) in [4.78, 5) is 0. The van der Waals surface area contributed by atoms with Crippen LogP contribution in [0.25, 0.3) is 0 Å². The molecule has 2 heteroatoms. The molecule has 0 aliphatic carbocycles. The molecule has 0 aromatic heterocycles. The molecule has 0 aliphatic rings. The number of unbranched alkanes of at least 4 members (excludes halogenated alkanes) is 14. The fourth-order valence-electron chi connectivity index (χ4n) is 3.60. The van der Waals surface area contributed by atoms with Gasteiger partial charge in [0.15, 0.2) is 0 Å². The van der Waals surface area contributed by atoms with Gasteiger partial charge in [-0.2, -0.15) is 0 Å². The molecule has 2 N–H and O–H groups in total. The zero-order valence-corrected chi connectivity index (χ0v) is 16.6. The van der Waals surface area contributed by atoms with Crippen LogP contribution < -0.4 is 0 Å². The van der Waals surface area contributed by atoms with Crippen molar-refractivity contribution in [3.63, 3.8) is 0 Å². The van der Waals surface area contributed by atoms with E-state index in [4.69, 9.17) is 10.2 Å². The van der Waals surface area contributed by atoms with Gasteiger partial charge in [-0.3, -0.25) is 0 Å². The highest BCUT2D eigenvalue weighted by atomic mass is 16.3. The Kier molecular flexibility index (Phi) is 20.9. The van der Waals surface area contributed by atoms with E-state index in [1.165, 1.54) is 103 Å². The van der Waals surface area contributed by atoms with Crippen molar-refractivity contribution in [3.05, 3.63) is 0 Å². The molecule has 0 unspecified atom stereocenters. The van der Waals surface area contributed by atoms with Gasteiger partial charge in [-0.05, 0) is 18.8 Å². The van der Waals surface area contributed by atoms with Crippen LogP contribution in [0, 0.1) is 5.92 Å². The Morgan fingerprint density at radius 2 is 0.792 bits per heavy atom. The maximum atomic E-state index is 9.01. The molecule has 24 heavy (non-hydrogen) atoms. The summed E-state index contributed by atoms with van der Waals surface area (Å²) in [6.45, 7) is 2.82. The van der Waals surface area contributed by atoms with Crippen LogP contribution in [0.5, 0.6) is 0 Å². The van der Waals surface area contributed by atoms with Gasteiger partial charge in [0, 0.05) is 13.2 Å². The van der Waals surface area contributed by atoms with Gasteiger partial charge < -0.3 is 10.2 Å². The Morgan fingerprint density at radius 3 is 1.12 bits per heavy atom. The molecule has 0 amide bonds. The van der Waals surface area contributed by atoms with E-state index in [2.05, 4.69) is 6.92 Å². The standard InChI is InChI=1S/C22H46O2/c1-2-3-4-5-6-7-8-9-10-11-12-13-14-15-16-17-22(18-20-23)19-21-24/h22-24H,2-21H2,1H3. The van der Waals surface area contributed by atoms with Gasteiger partial charge in [0.2, 0.25) is 0 Å². The van der Waals surface area contributed by atoms with Gasteiger partial charge in [0.25, 0.3) is 0 Å². The molecule has 0 fully saturated rings. The number of aliphatic hydroxyl groups is 2. The van der Waals surface area contributed by atoms with E-state index < -0.39 is 0 Å². The van der Waals surface area contributed by atoms with Crippen molar-refractivity contribution in [1.82, 2.24) is 0 Å². The topological polar surface area (TPSA) is 40.5 Å². The molecule has 0 bridgehead atoms. The number of hydrogen-bond acceptors (Lipinski definition) is 2. The van der Waals surface area contributed by atoms with E-state index in [9.17, 15) is 0 Å². The molecule has 0 heterocycles. The van der Waals surface area contributed by atoms with Gasteiger partial charge in [-0.25, -0.2) is 0 Å². The van der Waals surface area contributed by atoms with Crippen LogP contribution in [0.3, 0.4) is 0 Å². The number of hydrogen-bond donors (Lipinski definition) is 2. The van der Waals surface area contributed by atoms with Gasteiger partial charge >= 0.3 is 0 Å². The highest BCUT2D eigenvalue weighted by Crippen LogP contribution is 2.18. The summed E-state index contributed by atoms with van der Waals surface area (Å²) in [7, 11) is 0. The molecule has 0 aromatic carbocycles. The third-order valence-electron chi connectivity index (χ3n) is 5.29. The first kappa shape index (κ1) is 23.9. The van der Waals surface area contributed by atoms with E-state index in [0.717, 1.165) is 12.8 Å². The van der Waals surface area contributed by atoms with Crippen LogP contribution in [0.2, 0.25) is 0 Å². The summed E-state index contributed by atoms with van der Waals surface area (Å²) < 4.78 is 0. The number of aliphatic hydroxyl groups excluding tert-OH is 2. The fourth-order valence-corrected chi connectivity index (χ4v) is 3.60. The van der Waals surface area contributed by atoms with Gasteiger partial charge in [-0.15, -0.1) is 0 Å². The molecule has 0 aliphatic heterocycles. The highest BCUT2D eigenvalue weighted by molar-refractivity contribution is 4.59. The van der Waals surface area contributed by atoms with Gasteiger partial charge in [-0.1, -0.05) is 110 Å². The largest absolute Gasteiger partial charge is 0.396 e. The molecule has 0 spiro atoms. The minimum absolute atomic E-state index is 0.267.